The largest absolute Gasteiger partial charge is 0.348 e. The first-order chi connectivity index (χ1) is 15.1. The minimum atomic E-state index is -0.344. The Balaban J connectivity index is 1.44. The molecule has 2 amide bonds. The molecule has 0 heterocycles. The Hall–Kier alpha value is -3.05. The van der Waals surface area contributed by atoms with Crippen LogP contribution in [-0.2, 0) is 9.59 Å². The van der Waals surface area contributed by atoms with Crippen LogP contribution in [-0.4, -0.2) is 11.8 Å². The second kappa shape index (κ2) is 9.84. The Kier molecular flexibility index (Phi) is 6.73. The summed E-state index contributed by atoms with van der Waals surface area (Å²) in [5.41, 5.74) is 2.76. The summed E-state index contributed by atoms with van der Waals surface area (Å²) in [5.74, 6) is 0.242. The molecule has 0 aliphatic heterocycles. The molecular formula is C26H26N2O2S. The van der Waals surface area contributed by atoms with E-state index in [1.165, 1.54) is 0 Å². The molecule has 0 aromatic heterocycles. The van der Waals surface area contributed by atoms with Gasteiger partial charge in [0, 0.05) is 16.5 Å². The van der Waals surface area contributed by atoms with Crippen LogP contribution in [0.5, 0.6) is 0 Å². The van der Waals surface area contributed by atoms with Gasteiger partial charge in [-0.2, -0.15) is 0 Å². The lowest BCUT2D eigenvalue weighted by molar-refractivity contribution is -0.121. The van der Waals surface area contributed by atoms with Gasteiger partial charge in [-0.05, 0) is 55.2 Å². The van der Waals surface area contributed by atoms with Crippen LogP contribution in [0.1, 0.15) is 42.2 Å². The van der Waals surface area contributed by atoms with Crippen molar-refractivity contribution in [3.05, 3.63) is 96.1 Å². The third kappa shape index (κ3) is 5.76. The molecule has 2 N–H and O–H groups in total. The van der Waals surface area contributed by atoms with E-state index >= 15 is 0 Å². The molecule has 158 valence electrons. The maximum Gasteiger partial charge on any atom is 0.238 e. The predicted molar refractivity (Wildman–Crippen MR) is 126 cm³/mol. The number of benzene rings is 3. The lowest BCUT2D eigenvalue weighted by atomic mass is 10.1. The van der Waals surface area contributed by atoms with Crippen LogP contribution in [0.2, 0.25) is 0 Å². The third-order valence-electron chi connectivity index (χ3n) is 5.32. The van der Waals surface area contributed by atoms with Crippen LogP contribution in [0, 0.1) is 5.92 Å². The number of hydrogen-bond donors (Lipinski definition) is 2. The zero-order valence-corrected chi connectivity index (χ0v) is 18.3. The van der Waals surface area contributed by atoms with Crippen molar-refractivity contribution in [3.8, 4) is 0 Å². The lowest BCUT2D eigenvalue weighted by Gasteiger charge is -2.21. The number of nitrogens with one attached hydrogen (secondary N) is 2. The summed E-state index contributed by atoms with van der Waals surface area (Å²) in [6.45, 7) is 1.98. The van der Waals surface area contributed by atoms with Crippen molar-refractivity contribution in [1.82, 2.24) is 5.32 Å². The normalized spacial score (nSPS) is 15.0. The molecule has 1 fully saturated rings. The van der Waals surface area contributed by atoms with Gasteiger partial charge in [0.2, 0.25) is 11.8 Å². The van der Waals surface area contributed by atoms with Crippen LogP contribution in [0.15, 0.2) is 89.8 Å². The van der Waals surface area contributed by atoms with Crippen molar-refractivity contribution >= 4 is 29.3 Å². The Bertz CT molecular complexity index is 1020. The van der Waals surface area contributed by atoms with E-state index in [9.17, 15) is 9.59 Å². The van der Waals surface area contributed by atoms with Crippen molar-refractivity contribution in [3.63, 3.8) is 0 Å². The molecule has 2 atom stereocenters. The second-order valence-corrected chi connectivity index (χ2v) is 9.02. The number of thioether (sulfide) groups is 1. The number of carbonyl (C=O) groups excluding carboxylic acids is 2. The zero-order valence-electron chi connectivity index (χ0n) is 17.5. The average Bonchev–Trinajstić information content (AvgIpc) is 3.65. The van der Waals surface area contributed by atoms with E-state index in [-0.39, 0.29) is 29.0 Å². The van der Waals surface area contributed by atoms with Crippen LogP contribution < -0.4 is 10.6 Å². The Labute approximate surface area is 187 Å². The van der Waals surface area contributed by atoms with Crippen LogP contribution in [0.3, 0.4) is 0 Å². The molecule has 5 heteroatoms. The molecule has 1 aliphatic rings. The van der Waals surface area contributed by atoms with Gasteiger partial charge in [0.15, 0.2) is 0 Å². The van der Waals surface area contributed by atoms with Gasteiger partial charge in [0.25, 0.3) is 0 Å². The monoisotopic (exact) mass is 430 g/mol. The van der Waals surface area contributed by atoms with E-state index in [0.29, 0.717) is 0 Å². The Morgan fingerprint density at radius 3 is 2.06 bits per heavy atom. The van der Waals surface area contributed by atoms with Gasteiger partial charge in [0.1, 0.15) is 5.25 Å². The lowest BCUT2D eigenvalue weighted by Crippen LogP contribution is -2.30. The fourth-order valence-electron chi connectivity index (χ4n) is 3.35. The molecule has 0 spiro atoms. The van der Waals surface area contributed by atoms with E-state index in [0.717, 1.165) is 34.6 Å². The molecule has 3 aromatic carbocycles. The molecule has 0 bridgehead atoms. The van der Waals surface area contributed by atoms with Gasteiger partial charge in [0.05, 0.1) is 6.04 Å². The Morgan fingerprint density at radius 1 is 0.839 bits per heavy atom. The van der Waals surface area contributed by atoms with E-state index < -0.39 is 0 Å². The SMILES string of the molecule is CC(NC(=O)C(Sc1ccccc1)c1ccccc1)c1ccc(NC(=O)C2CC2)cc1. The average molecular weight is 431 g/mol. The summed E-state index contributed by atoms with van der Waals surface area (Å²) in [4.78, 5) is 26.2. The first-order valence-electron chi connectivity index (χ1n) is 10.6. The summed E-state index contributed by atoms with van der Waals surface area (Å²) >= 11 is 1.55. The van der Waals surface area contributed by atoms with Crippen LogP contribution in [0.25, 0.3) is 0 Å². The molecule has 3 aromatic rings. The molecule has 2 unspecified atom stereocenters. The van der Waals surface area contributed by atoms with Crippen molar-refractivity contribution in [2.75, 3.05) is 5.32 Å². The molecule has 4 rings (SSSR count). The van der Waals surface area contributed by atoms with Gasteiger partial charge in [-0.1, -0.05) is 60.7 Å². The summed E-state index contributed by atoms with van der Waals surface area (Å²) in [7, 11) is 0. The predicted octanol–water partition coefficient (Wildman–Crippen LogP) is 5.75. The van der Waals surface area contributed by atoms with Gasteiger partial charge in [-0.3, -0.25) is 9.59 Å². The maximum atomic E-state index is 13.2. The topological polar surface area (TPSA) is 58.2 Å². The molecule has 31 heavy (non-hydrogen) atoms. The quantitative estimate of drug-likeness (QED) is 0.448. The highest BCUT2D eigenvalue weighted by atomic mass is 32.2. The van der Waals surface area contributed by atoms with Gasteiger partial charge < -0.3 is 10.6 Å². The first kappa shape index (κ1) is 21.2. The van der Waals surface area contributed by atoms with E-state index in [1.54, 1.807) is 11.8 Å². The maximum absolute atomic E-state index is 13.2. The smallest absolute Gasteiger partial charge is 0.238 e. The molecule has 0 radical (unpaired) electrons. The molecule has 1 aliphatic carbocycles. The van der Waals surface area contributed by atoms with Crippen LogP contribution in [0.4, 0.5) is 5.69 Å². The standard InChI is InChI=1S/C26H26N2O2S/c1-18(19-14-16-22(17-15-19)28-25(29)21-12-13-21)27-26(30)24(20-8-4-2-5-9-20)31-23-10-6-3-7-11-23/h2-11,14-18,21,24H,12-13H2,1H3,(H,27,30)(H,28,29). The Morgan fingerprint density at radius 2 is 1.45 bits per heavy atom. The van der Waals surface area contributed by atoms with Crippen molar-refractivity contribution in [1.29, 1.82) is 0 Å². The van der Waals surface area contributed by atoms with E-state index in [2.05, 4.69) is 10.6 Å². The van der Waals surface area contributed by atoms with Crippen LogP contribution >= 0.6 is 11.8 Å². The minimum absolute atomic E-state index is 0.0290. The number of hydrogen-bond acceptors (Lipinski definition) is 3. The highest BCUT2D eigenvalue weighted by molar-refractivity contribution is 8.00. The summed E-state index contributed by atoms with van der Waals surface area (Å²) in [6.07, 6.45) is 1.97. The number of carbonyl (C=O) groups is 2. The van der Waals surface area contributed by atoms with Crippen molar-refractivity contribution < 1.29 is 9.59 Å². The number of amides is 2. The van der Waals surface area contributed by atoms with Gasteiger partial charge >= 0.3 is 0 Å². The fourth-order valence-corrected chi connectivity index (χ4v) is 4.41. The zero-order chi connectivity index (χ0) is 21.6. The third-order valence-corrected chi connectivity index (χ3v) is 6.59. The number of rotatable bonds is 8. The van der Waals surface area contributed by atoms with E-state index in [4.69, 9.17) is 0 Å². The van der Waals surface area contributed by atoms with Gasteiger partial charge in [-0.15, -0.1) is 11.8 Å². The van der Waals surface area contributed by atoms with E-state index in [1.807, 2.05) is 91.9 Å². The molecule has 0 saturated heterocycles. The molecular weight excluding hydrogens is 404 g/mol. The van der Waals surface area contributed by atoms with Crippen molar-refractivity contribution in [2.24, 2.45) is 5.92 Å². The minimum Gasteiger partial charge on any atom is -0.348 e. The molecule has 4 nitrogen and oxygen atoms in total. The highest BCUT2D eigenvalue weighted by Gasteiger charge is 2.29. The summed E-state index contributed by atoms with van der Waals surface area (Å²) in [5, 5.41) is 5.76. The first-order valence-corrected chi connectivity index (χ1v) is 11.5. The van der Waals surface area contributed by atoms with Crippen molar-refractivity contribution in [2.45, 2.75) is 36.0 Å². The summed E-state index contributed by atoms with van der Waals surface area (Å²) in [6, 6.07) is 27.4. The van der Waals surface area contributed by atoms with Gasteiger partial charge in [-0.25, -0.2) is 0 Å². The molecule has 1 saturated carbocycles. The second-order valence-electron chi connectivity index (χ2n) is 7.84. The fraction of sp³-hybridized carbons (Fsp3) is 0.231. The number of anilines is 1. The summed E-state index contributed by atoms with van der Waals surface area (Å²) < 4.78 is 0. The highest BCUT2D eigenvalue weighted by Crippen LogP contribution is 2.36.